The van der Waals surface area contributed by atoms with Crippen molar-refractivity contribution in [1.29, 1.82) is 0 Å². The first-order valence-corrected chi connectivity index (χ1v) is 5.35. The monoisotopic (exact) mass is 239 g/mol. The van der Waals surface area contributed by atoms with E-state index in [1.807, 2.05) is 6.07 Å². The Hall–Kier alpha value is -2.76. The summed E-state index contributed by atoms with van der Waals surface area (Å²) in [4.78, 5) is 20.1. The third-order valence-corrected chi connectivity index (χ3v) is 2.45. The van der Waals surface area contributed by atoms with Gasteiger partial charge in [0.15, 0.2) is 5.65 Å². The lowest BCUT2D eigenvalue weighted by molar-refractivity contribution is 0.102. The first kappa shape index (κ1) is 10.4. The van der Waals surface area contributed by atoms with E-state index in [4.69, 9.17) is 0 Å². The van der Waals surface area contributed by atoms with Gasteiger partial charge in [0.1, 0.15) is 0 Å². The Labute approximate surface area is 102 Å². The molecule has 6 heteroatoms. The number of nitrogens with zero attached hydrogens (tertiary/aromatic N) is 3. The van der Waals surface area contributed by atoms with E-state index >= 15 is 0 Å². The summed E-state index contributed by atoms with van der Waals surface area (Å²) >= 11 is 0. The van der Waals surface area contributed by atoms with Crippen LogP contribution in [0, 0.1) is 0 Å². The van der Waals surface area contributed by atoms with Gasteiger partial charge in [0.25, 0.3) is 5.91 Å². The maximum Gasteiger partial charge on any atom is 0.258 e. The van der Waals surface area contributed by atoms with Gasteiger partial charge in [-0.3, -0.25) is 15.2 Å². The van der Waals surface area contributed by atoms with Crippen LogP contribution in [0.4, 0.5) is 5.95 Å². The van der Waals surface area contributed by atoms with Gasteiger partial charge in [-0.1, -0.05) is 18.2 Å². The molecule has 88 valence electrons. The summed E-state index contributed by atoms with van der Waals surface area (Å²) in [5.41, 5.74) is 1.15. The normalized spacial score (nSPS) is 10.4. The lowest BCUT2D eigenvalue weighted by Crippen LogP contribution is -2.13. The van der Waals surface area contributed by atoms with Gasteiger partial charge < -0.3 is 0 Å². The van der Waals surface area contributed by atoms with Crippen LogP contribution in [0.5, 0.6) is 0 Å². The van der Waals surface area contributed by atoms with Crippen LogP contribution < -0.4 is 5.32 Å². The van der Waals surface area contributed by atoms with Crippen LogP contribution in [0.2, 0.25) is 0 Å². The molecule has 18 heavy (non-hydrogen) atoms. The fourth-order valence-electron chi connectivity index (χ4n) is 1.56. The van der Waals surface area contributed by atoms with Crippen LogP contribution in [0.3, 0.4) is 0 Å². The van der Waals surface area contributed by atoms with Gasteiger partial charge in [0.05, 0.1) is 11.6 Å². The van der Waals surface area contributed by atoms with Gasteiger partial charge in [0.2, 0.25) is 5.95 Å². The van der Waals surface area contributed by atoms with Crippen molar-refractivity contribution in [3.8, 4) is 0 Å². The molecule has 1 aromatic carbocycles. The third kappa shape index (κ3) is 1.91. The summed E-state index contributed by atoms with van der Waals surface area (Å²) < 4.78 is 0. The first-order chi connectivity index (χ1) is 8.83. The molecule has 0 saturated carbocycles. The minimum Gasteiger partial charge on any atom is -0.290 e. The van der Waals surface area contributed by atoms with Crippen molar-refractivity contribution in [2.24, 2.45) is 0 Å². The maximum atomic E-state index is 11.9. The standard InChI is InChI=1S/C12H9N5O/c18-11(8-4-2-1-3-5-8)16-12-13-6-9-7-14-17-10(9)15-12/h1-7H,(H2,13,14,15,16,17,18). The number of aromatic nitrogens is 4. The molecule has 3 rings (SSSR count). The fraction of sp³-hybridized carbons (Fsp3) is 0. The number of hydrogen-bond acceptors (Lipinski definition) is 4. The summed E-state index contributed by atoms with van der Waals surface area (Å²) in [7, 11) is 0. The van der Waals surface area contributed by atoms with E-state index in [1.54, 1.807) is 36.7 Å². The Morgan fingerprint density at radius 2 is 2.00 bits per heavy atom. The molecule has 0 radical (unpaired) electrons. The van der Waals surface area contributed by atoms with Gasteiger partial charge in [-0.2, -0.15) is 10.1 Å². The number of hydrogen-bond donors (Lipinski definition) is 2. The van der Waals surface area contributed by atoms with Crippen LogP contribution in [0.25, 0.3) is 11.0 Å². The molecule has 0 aliphatic heterocycles. The Bertz CT molecular complexity index is 692. The molecule has 0 aliphatic carbocycles. The molecule has 0 atom stereocenters. The molecule has 0 spiro atoms. The second-order valence-corrected chi connectivity index (χ2v) is 3.69. The summed E-state index contributed by atoms with van der Waals surface area (Å²) in [5.74, 6) is 0.00932. The van der Waals surface area contributed by atoms with Crippen molar-refractivity contribution in [1.82, 2.24) is 20.2 Å². The molecular formula is C12H9N5O. The summed E-state index contributed by atoms with van der Waals surface area (Å²) in [5, 5.41) is 9.99. The largest absolute Gasteiger partial charge is 0.290 e. The SMILES string of the molecule is O=C(Nc1ncc2cn[nH]c2n1)c1ccccc1. The van der Waals surface area contributed by atoms with Crippen molar-refractivity contribution in [2.45, 2.75) is 0 Å². The number of H-pyrrole nitrogens is 1. The van der Waals surface area contributed by atoms with Crippen molar-refractivity contribution in [3.05, 3.63) is 48.3 Å². The van der Waals surface area contributed by atoms with Crippen LogP contribution in [-0.2, 0) is 0 Å². The first-order valence-electron chi connectivity index (χ1n) is 5.35. The summed E-state index contributed by atoms with van der Waals surface area (Å²) in [6.07, 6.45) is 3.23. The van der Waals surface area contributed by atoms with Crippen molar-refractivity contribution in [2.75, 3.05) is 5.32 Å². The molecule has 0 unspecified atom stereocenters. The van der Waals surface area contributed by atoms with Crippen molar-refractivity contribution < 1.29 is 4.79 Å². The van der Waals surface area contributed by atoms with Gasteiger partial charge in [-0.05, 0) is 12.1 Å². The average Bonchev–Trinajstić information content (AvgIpc) is 2.87. The number of aromatic amines is 1. The van der Waals surface area contributed by atoms with Crippen LogP contribution in [0.1, 0.15) is 10.4 Å². The molecule has 0 aliphatic rings. The Morgan fingerprint density at radius 1 is 1.17 bits per heavy atom. The zero-order valence-electron chi connectivity index (χ0n) is 9.29. The minimum absolute atomic E-state index is 0.241. The summed E-state index contributed by atoms with van der Waals surface area (Å²) in [6, 6.07) is 8.90. The lowest BCUT2D eigenvalue weighted by Gasteiger charge is -2.02. The van der Waals surface area contributed by atoms with E-state index in [0.29, 0.717) is 11.2 Å². The molecule has 1 amide bonds. The van der Waals surface area contributed by atoms with E-state index in [-0.39, 0.29) is 11.9 Å². The number of nitrogens with one attached hydrogen (secondary N) is 2. The van der Waals surface area contributed by atoms with Crippen LogP contribution in [-0.4, -0.2) is 26.1 Å². The maximum absolute atomic E-state index is 11.9. The second-order valence-electron chi connectivity index (χ2n) is 3.69. The number of carbonyl (C=O) groups excluding carboxylic acids is 1. The Morgan fingerprint density at radius 3 is 2.83 bits per heavy atom. The Balaban J connectivity index is 1.86. The van der Waals surface area contributed by atoms with Crippen molar-refractivity contribution in [3.63, 3.8) is 0 Å². The van der Waals surface area contributed by atoms with Gasteiger partial charge in [0, 0.05) is 11.8 Å². The number of rotatable bonds is 2. The fourth-order valence-corrected chi connectivity index (χ4v) is 1.56. The van der Waals surface area contributed by atoms with E-state index in [0.717, 1.165) is 5.39 Å². The van der Waals surface area contributed by atoms with Crippen LogP contribution in [0.15, 0.2) is 42.7 Å². The van der Waals surface area contributed by atoms with Gasteiger partial charge in [-0.15, -0.1) is 0 Å². The predicted octanol–water partition coefficient (Wildman–Crippen LogP) is 1.61. The average molecular weight is 239 g/mol. The highest BCUT2D eigenvalue weighted by Crippen LogP contribution is 2.09. The molecule has 0 saturated heterocycles. The van der Waals surface area contributed by atoms with E-state index in [1.165, 1.54) is 0 Å². The third-order valence-electron chi connectivity index (χ3n) is 2.45. The van der Waals surface area contributed by atoms with Crippen molar-refractivity contribution >= 4 is 22.9 Å². The smallest absolute Gasteiger partial charge is 0.258 e. The predicted molar refractivity (Wildman–Crippen MR) is 66.1 cm³/mol. The molecule has 2 N–H and O–H groups in total. The number of fused-ring (bicyclic) bond motifs is 1. The lowest BCUT2D eigenvalue weighted by atomic mass is 10.2. The molecular weight excluding hydrogens is 230 g/mol. The minimum atomic E-state index is -0.241. The Kier molecular flexibility index (Phi) is 2.45. The van der Waals surface area contributed by atoms with Gasteiger partial charge in [-0.25, -0.2) is 4.98 Å². The number of anilines is 1. The van der Waals surface area contributed by atoms with E-state index in [9.17, 15) is 4.79 Å². The molecule has 2 aromatic heterocycles. The zero-order chi connectivity index (χ0) is 12.4. The number of amides is 1. The molecule has 3 aromatic rings. The summed E-state index contributed by atoms with van der Waals surface area (Å²) in [6.45, 7) is 0. The number of carbonyl (C=O) groups is 1. The highest BCUT2D eigenvalue weighted by atomic mass is 16.1. The number of benzene rings is 1. The highest BCUT2D eigenvalue weighted by molar-refractivity contribution is 6.03. The zero-order valence-corrected chi connectivity index (χ0v) is 9.29. The van der Waals surface area contributed by atoms with E-state index in [2.05, 4.69) is 25.5 Å². The molecule has 2 heterocycles. The second kappa shape index (κ2) is 4.25. The van der Waals surface area contributed by atoms with Crippen LogP contribution >= 0.6 is 0 Å². The van der Waals surface area contributed by atoms with E-state index < -0.39 is 0 Å². The van der Waals surface area contributed by atoms with Gasteiger partial charge >= 0.3 is 0 Å². The molecule has 0 bridgehead atoms. The highest BCUT2D eigenvalue weighted by Gasteiger charge is 2.07. The molecule has 0 fully saturated rings. The topological polar surface area (TPSA) is 83.6 Å². The quantitative estimate of drug-likeness (QED) is 0.711. The molecule has 6 nitrogen and oxygen atoms in total.